The molecule has 2 N–H and O–H groups in total. The van der Waals surface area contributed by atoms with Crippen molar-refractivity contribution in [2.45, 2.75) is 18.9 Å². The molecule has 0 spiro atoms. The number of carbonyl (C=O) groups is 1. The Hall–Kier alpha value is -2.90. The Kier molecular flexibility index (Phi) is 5.51. The number of benzene rings is 2. The lowest BCUT2D eigenvalue weighted by Crippen LogP contribution is -2.34. The van der Waals surface area contributed by atoms with Crippen LogP contribution in [0.15, 0.2) is 51.9 Å². The van der Waals surface area contributed by atoms with Crippen LogP contribution >= 0.6 is 11.6 Å². The van der Waals surface area contributed by atoms with Crippen molar-refractivity contribution in [1.29, 1.82) is 0 Å². The summed E-state index contributed by atoms with van der Waals surface area (Å²) in [6, 6.07) is 10.1. The second kappa shape index (κ2) is 8.23. The number of carbonyl (C=O) groups excluding carboxylic acids is 1. The number of hydrogen-bond donors (Lipinski definition) is 2. The minimum Gasteiger partial charge on any atom is -0.508 e. The van der Waals surface area contributed by atoms with Crippen molar-refractivity contribution in [2.75, 3.05) is 13.2 Å². The van der Waals surface area contributed by atoms with E-state index >= 15 is 0 Å². The molecule has 2 aromatic carbocycles. The summed E-state index contributed by atoms with van der Waals surface area (Å²) in [5.41, 5.74) is 0.365. The fourth-order valence-corrected chi connectivity index (χ4v) is 3.30. The summed E-state index contributed by atoms with van der Waals surface area (Å²) >= 11 is 5.79. The summed E-state index contributed by atoms with van der Waals surface area (Å²) in [5, 5.41) is 13.4. The highest BCUT2D eigenvalue weighted by Gasteiger charge is 2.19. The van der Waals surface area contributed by atoms with Gasteiger partial charge in [-0.2, -0.15) is 0 Å². The molecule has 2 heterocycles. The number of phenols is 1. The number of aromatic hydroxyl groups is 1. The van der Waals surface area contributed by atoms with Gasteiger partial charge in [0.25, 0.3) is 5.91 Å². The molecule has 1 aliphatic heterocycles. The zero-order valence-electron chi connectivity index (χ0n) is 15.3. The quantitative estimate of drug-likeness (QED) is 0.671. The number of phenolic OH excluding ortho intramolecular Hbond substituents is 1. The van der Waals surface area contributed by atoms with Crippen LogP contribution in [0.4, 0.5) is 10.1 Å². The molecule has 0 unspecified atom stereocenters. The molecular weight excluding hydrogens is 399 g/mol. The molecule has 0 bridgehead atoms. The topological polar surface area (TPSA) is 84.1 Å². The maximum absolute atomic E-state index is 14.2. The molecule has 0 aliphatic carbocycles. The molecule has 0 saturated carbocycles. The molecule has 1 aliphatic rings. The fraction of sp³-hybridized carbons (Fsp3) is 0.238. The fourth-order valence-electron chi connectivity index (χ4n) is 3.14. The van der Waals surface area contributed by atoms with Gasteiger partial charge < -0.3 is 19.6 Å². The van der Waals surface area contributed by atoms with Crippen LogP contribution in [0.1, 0.15) is 23.2 Å². The van der Waals surface area contributed by atoms with Gasteiger partial charge in [0, 0.05) is 29.6 Å². The van der Waals surface area contributed by atoms with E-state index < -0.39 is 11.7 Å². The van der Waals surface area contributed by atoms with Gasteiger partial charge in [-0.3, -0.25) is 4.79 Å². The number of halogens is 2. The van der Waals surface area contributed by atoms with Gasteiger partial charge in [-0.1, -0.05) is 11.6 Å². The first-order valence-electron chi connectivity index (χ1n) is 9.16. The van der Waals surface area contributed by atoms with E-state index in [0.29, 0.717) is 24.1 Å². The summed E-state index contributed by atoms with van der Waals surface area (Å²) in [7, 11) is 0. The second-order valence-corrected chi connectivity index (χ2v) is 7.18. The molecule has 150 valence electrons. The zero-order valence-corrected chi connectivity index (χ0v) is 16.1. The predicted octanol–water partition coefficient (Wildman–Crippen LogP) is 4.07. The number of rotatable bonds is 4. The molecule has 1 amide bonds. The van der Waals surface area contributed by atoms with Crippen molar-refractivity contribution in [3.8, 4) is 5.75 Å². The lowest BCUT2D eigenvalue weighted by molar-refractivity contribution is 0.0854. The Morgan fingerprint density at radius 3 is 2.90 bits per heavy atom. The van der Waals surface area contributed by atoms with Crippen molar-refractivity contribution in [3.63, 3.8) is 0 Å². The van der Waals surface area contributed by atoms with Crippen molar-refractivity contribution < 1.29 is 23.4 Å². The molecule has 3 aromatic rings. The number of ether oxygens (including phenoxy) is 1. The van der Waals surface area contributed by atoms with Crippen LogP contribution in [-0.2, 0) is 4.74 Å². The van der Waals surface area contributed by atoms with Gasteiger partial charge in [0.2, 0.25) is 5.55 Å². The van der Waals surface area contributed by atoms with Crippen LogP contribution < -0.4 is 10.9 Å². The molecule has 1 saturated heterocycles. The Bertz CT molecular complexity index is 1140. The minimum atomic E-state index is -0.644. The first kappa shape index (κ1) is 19.4. The first-order valence-corrected chi connectivity index (χ1v) is 9.54. The van der Waals surface area contributed by atoms with Crippen molar-refractivity contribution in [2.24, 2.45) is 4.99 Å². The van der Waals surface area contributed by atoms with Gasteiger partial charge >= 0.3 is 0 Å². The molecule has 1 fully saturated rings. The van der Waals surface area contributed by atoms with Crippen molar-refractivity contribution in [1.82, 2.24) is 5.32 Å². The smallest absolute Gasteiger partial charge is 0.256 e. The molecule has 4 rings (SSSR count). The highest BCUT2D eigenvalue weighted by Crippen LogP contribution is 2.23. The molecule has 0 radical (unpaired) electrons. The van der Waals surface area contributed by atoms with E-state index in [1.165, 1.54) is 24.3 Å². The van der Waals surface area contributed by atoms with Crippen molar-refractivity contribution >= 4 is 34.2 Å². The largest absolute Gasteiger partial charge is 0.508 e. The third-order valence-electron chi connectivity index (χ3n) is 4.62. The first-order chi connectivity index (χ1) is 14.0. The lowest BCUT2D eigenvalue weighted by Gasteiger charge is -2.11. The molecule has 29 heavy (non-hydrogen) atoms. The van der Waals surface area contributed by atoms with Crippen LogP contribution in [0.5, 0.6) is 5.75 Å². The summed E-state index contributed by atoms with van der Waals surface area (Å²) in [6.07, 6.45) is 1.82. The Balaban J connectivity index is 1.78. The molecule has 8 heteroatoms. The van der Waals surface area contributed by atoms with E-state index in [-0.39, 0.29) is 33.7 Å². The normalized spacial score (nSPS) is 17.0. The van der Waals surface area contributed by atoms with Crippen LogP contribution in [0.2, 0.25) is 5.02 Å². The minimum absolute atomic E-state index is 0.000423. The summed E-state index contributed by atoms with van der Waals surface area (Å²) in [5.74, 6) is -1.05. The highest BCUT2D eigenvalue weighted by molar-refractivity contribution is 6.30. The van der Waals surface area contributed by atoms with Crippen LogP contribution in [0.25, 0.3) is 11.0 Å². The second-order valence-electron chi connectivity index (χ2n) is 6.74. The van der Waals surface area contributed by atoms with Crippen LogP contribution in [-0.4, -0.2) is 30.3 Å². The zero-order chi connectivity index (χ0) is 20.4. The van der Waals surface area contributed by atoms with Gasteiger partial charge in [-0.25, -0.2) is 9.38 Å². The Morgan fingerprint density at radius 2 is 2.14 bits per heavy atom. The van der Waals surface area contributed by atoms with Crippen molar-refractivity contribution in [3.05, 3.63) is 64.4 Å². The third kappa shape index (κ3) is 4.41. The monoisotopic (exact) mass is 416 g/mol. The number of hydrogen-bond acceptors (Lipinski definition) is 5. The van der Waals surface area contributed by atoms with Gasteiger partial charge in [-0.05, 0) is 49.2 Å². The summed E-state index contributed by atoms with van der Waals surface area (Å²) < 4.78 is 25.5. The van der Waals surface area contributed by atoms with E-state index in [0.717, 1.165) is 18.9 Å². The van der Waals surface area contributed by atoms with E-state index in [4.69, 9.17) is 20.8 Å². The van der Waals surface area contributed by atoms with Crippen LogP contribution in [0, 0.1) is 5.82 Å². The van der Waals surface area contributed by atoms with E-state index in [1.54, 1.807) is 12.1 Å². The molecule has 1 aromatic heterocycles. The predicted molar refractivity (Wildman–Crippen MR) is 106 cm³/mol. The van der Waals surface area contributed by atoms with E-state index in [9.17, 15) is 14.3 Å². The number of nitrogens with one attached hydrogen (secondary N) is 1. The summed E-state index contributed by atoms with van der Waals surface area (Å²) in [6.45, 7) is 1.05. The maximum Gasteiger partial charge on any atom is 0.256 e. The average Bonchev–Trinajstić information content (AvgIpc) is 3.21. The molecule has 1 atom stereocenters. The Labute approximate surface area is 170 Å². The standard InChI is InChI=1S/C21H18ClFN2O4/c22-13-4-6-18(17(23)9-13)25-21-16(20(27)24-11-15-2-1-7-28-15)8-12-3-5-14(26)10-19(12)29-21/h3-6,8-10,15,26H,1-2,7,11H2,(H,24,27)/t15-/m1/s1. The number of amides is 1. The lowest BCUT2D eigenvalue weighted by atomic mass is 10.1. The molecule has 6 nitrogen and oxygen atoms in total. The van der Waals surface area contributed by atoms with E-state index in [2.05, 4.69) is 10.3 Å². The van der Waals surface area contributed by atoms with Gasteiger partial charge in [0.15, 0.2) is 0 Å². The van der Waals surface area contributed by atoms with Crippen LogP contribution in [0.3, 0.4) is 0 Å². The van der Waals surface area contributed by atoms with Gasteiger partial charge in [0.1, 0.15) is 28.4 Å². The summed E-state index contributed by atoms with van der Waals surface area (Å²) in [4.78, 5) is 17.0. The van der Waals surface area contributed by atoms with Gasteiger partial charge in [-0.15, -0.1) is 0 Å². The highest BCUT2D eigenvalue weighted by atomic mass is 35.5. The van der Waals surface area contributed by atoms with Gasteiger partial charge in [0.05, 0.1) is 6.10 Å². The Morgan fingerprint density at radius 1 is 1.28 bits per heavy atom. The molecular formula is C21H18ClFN2O4. The average molecular weight is 417 g/mol. The SMILES string of the molecule is O=C(NC[C@H]1CCCO1)c1cc2ccc(O)cc2oc1=Nc1ccc(Cl)cc1F. The maximum atomic E-state index is 14.2. The third-order valence-corrected chi connectivity index (χ3v) is 4.86. The number of nitrogens with zero attached hydrogens (tertiary/aromatic N) is 1. The van der Waals surface area contributed by atoms with E-state index in [1.807, 2.05) is 0 Å². The number of fused-ring (bicyclic) bond motifs is 1.